The molecule has 0 unspecified atom stereocenters. The summed E-state index contributed by atoms with van der Waals surface area (Å²) in [6.45, 7) is -0.00137. The molecular formula is C9H13NOS. The summed E-state index contributed by atoms with van der Waals surface area (Å²) in [7, 11) is 0. The Morgan fingerprint density at radius 2 is 2.00 bits per heavy atom. The number of hydrogen-bond donors (Lipinski definition) is 2. The summed E-state index contributed by atoms with van der Waals surface area (Å²) in [5.74, 6) is 0. The standard InChI is InChI=1S/C9H13NOS/c1-12-8-4-2-7(3-5-8)9(10)6-11/h2-5,9,11H,6,10H2,1H3/t9-/m1/s1. The Morgan fingerprint density at radius 1 is 1.42 bits per heavy atom. The van der Waals surface area contributed by atoms with Gasteiger partial charge in [0, 0.05) is 4.90 Å². The number of nitrogens with two attached hydrogens (primary N) is 1. The van der Waals surface area contributed by atoms with Gasteiger partial charge in [0.05, 0.1) is 12.6 Å². The third-order valence-corrected chi connectivity index (χ3v) is 2.48. The van der Waals surface area contributed by atoms with E-state index in [2.05, 4.69) is 0 Å². The second-order valence-corrected chi connectivity index (χ2v) is 3.44. The van der Waals surface area contributed by atoms with Gasteiger partial charge in [0.1, 0.15) is 0 Å². The van der Waals surface area contributed by atoms with Gasteiger partial charge in [0.15, 0.2) is 0 Å². The first-order valence-electron chi connectivity index (χ1n) is 3.78. The molecule has 12 heavy (non-hydrogen) atoms. The van der Waals surface area contributed by atoms with Crippen LogP contribution in [0.2, 0.25) is 0 Å². The monoisotopic (exact) mass is 183 g/mol. The van der Waals surface area contributed by atoms with Gasteiger partial charge in [-0.25, -0.2) is 0 Å². The second-order valence-electron chi connectivity index (χ2n) is 2.56. The van der Waals surface area contributed by atoms with E-state index in [1.807, 2.05) is 30.5 Å². The Balaban J connectivity index is 2.77. The lowest BCUT2D eigenvalue weighted by atomic mass is 10.1. The molecule has 66 valence electrons. The van der Waals surface area contributed by atoms with Gasteiger partial charge in [-0.2, -0.15) is 0 Å². The molecule has 1 rings (SSSR count). The van der Waals surface area contributed by atoms with Gasteiger partial charge in [0.2, 0.25) is 0 Å². The number of aliphatic hydroxyl groups excluding tert-OH is 1. The molecule has 1 aromatic carbocycles. The lowest BCUT2D eigenvalue weighted by molar-refractivity contribution is 0.268. The van der Waals surface area contributed by atoms with Crippen molar-refractivity contribution in [1.82, 2.24) is 0 Å². The van der Waals surface area contributed by atoms with Crippen molar-refractivity contribution in [2.75, 3.05) is 12.9 Å². The Morgan fingerprint density at radius 3 is 2.42 bits per heavy atom. The minimum atomic E-state index is -0.249. The molecule has 1 aromatic rings. The molecule has 3 heteroatoms. The predicted molar refractivity (Wildman–Crippen MR) is 52.2 cm³/mol. The van der Waals surface area contributed by atoms with Crippen LogP contribution in [0, 0.1) is 0 Å². The molecule has 0 heterocycles. The largest absolute Gasteiger partial charge is 0.394 e. The molecule has 1 atom stereocenters. The minimum absolute atomic E-state index is 0.00137. The van der Waals surface area contributed by atoms with Crippen LogP contribution in [-0.2, 0) is 0 Å². The predicted octanol–water partition coefficient (Wildman–Crippen LogP) is 1.40. The van der Waals surface area contributed by atoms with E-state index >= 15 is 0 Å². The van der Waals surface area contributed by atoms with Crippen molar-refractivity contribution >= 4 is 11.8 Å². The fraction of sp³-hybridized carbons (Fsp3) is 0.333. The van der Waals surface area contributed by atoms with E-state index in [0.717, 1.165) is 5.56 Å². The number of thioether (sulfide) groups is 1. The number of aliphatic hydroxyl groups is 1. The van der Waals surface area contributed by atoms with Crippen LogP contribution in [-0.4, -0.2) is 18.0 Å². The quantitative estimate of drug-likeness (QED) is 0.696. The summed E-state index contributed by atoms with van der Waals surface area (Å²) in [6.07, 6.45) is 2.03. The van der Waals surface area contributed by atoms with Crippen LogP contribution in [0.1, 0.15) is 11.6 Å². The molecule has 0 aliphatic carbocycles. The van der Waals surface area contributed by atoms with E-state index in [-0.39, 0.29) is 12.6 Å². The van der Waals surface area contributed by atoms with Gasteiger partial charge >= 0.3 is 0 Å². The maximum atomic E-state index is 8.78. The highest BCUT2D eigenvalue weighted by Gasteiger charge is 2.02. The van der Waals surface area contributed by atoms with Gasteiger partial charge in [-0.15, -0.1) is 11.8 Å². The van der Waals surface area contributed by atoms with Crippen molar-refractivity contribution in [3.63, 3.8) is 0 Å². The Kier molecular flexibility index (Phi) is 3.59. The molecule has 0 aromatic heterocycles. The molecule has 0 amide bonds. The molecule has 2 nitrogen and oxygen atoms in total. The van der Waals surface area contributed by atoms with Crippen molar-refractivity contribution in [3.8, 4) is 0 Å². The molecule has 0 aliphatic heterocycles. The lowest BCUT2D eigenvalue weighted by Crippen LogP contribution is -2.13. The minimum Gasteiger partial charge on any atom is -0.394 e. The summed E-state index contributed by atoms with van der Waals surface area (Å²) < 4.78 is 0. The first kappa shape index (κ1) is 9.58. The topological polar surface area (TPSA) is 46.2 Å². The highest BCUT2D eigenvalue weighted by atomic mass is 32.2. The number of hydrogen-bond acceptors (Lipinski definition) is 3. The van der Waals surface area contributed by atoms with E-state index in [1.54, 1.807) is 11.8 Å². The normalized spacial score (nSPS) is 12.9. The first-order chi connectivity index (χ1) is 5.77. The van der Waals surface area contributed by atoms with Crippen molar-refractivity contribution in [2.45, 2.75) is 10.9 Å². The van der Waals surface area contributed by atoms with Gasteiger partial charge in [-0.1, -0.05) is 12.1 Å². The maximum absolute atomic E-state index is 8.78. The van der Waals surface area contributed by atoms with Crippen molar-refractivity contribution in [3.05, 3.63) is 29.8 Å². The third kappa shape index (κ3) is 2.24. The van der Waals surface area contributed by atoms with Gasteiger partial charge in [-0.05, 0) is 24.0 Å². The Labute approximate surface area is 76.8 Å². The smallest absolute Gasteiger partial charge is 0.0624 e. The molecule has 0 aliphatic rings. The van der Waals surface area contributed by atoms with Crippen LogP contribution in [0.25, 0.3) is 0 Å². The van der Waals surface area contributed by atoms with Crippen molar-refractivity contribution in [1.29, 1.82) is 0 Å². The average Bonchev–Trinajstić information content (AvgIpc) is 2.17. The maximum Gasteiger partial charge on any atom is 0.0624 e. The SMILES string of the molecule is CSc1ccc([C@H](N)CO)cc1. The molecule has 0 saturated heterocycles. The van der Waals surface area contributed by atoms with Crippen LogP contribution in [0.5, 0.6) is 0 Å². The van der Waals surface area contributed by atoms with Crippen LogP contribution in [0.4, 0.5) is 0 Å². The molecule has 3 N–H and O–H groups in total. The van der Waals surface area contributed by atoms with E-state index in [9.17, 15) is 0 Å². The molecule has 0 spiro atoms. The highest BCUT2D eigenvalue weighted by molar-refractivity contribution is 7.98. The van der Waals surface area contributed by atoms with Crippen LogP contribution in [0.3, 0.4) is 0 Å². The van der Waals surface area contributed by atoms with E-state index in [0.29, 0.717) is 0 Å². The summed E-state index contributed by atoms with van der Waals surface area (Å²) in [5, 5.41) is 8.78. The number of rotatable bonds is 3. The zero-order valence-electron chi connectivity index (χ0n) is 7.03. The third-order valence-electron chi connectivity index (χ3n) is 1.74. The summed E-state index contributed by atoms with van der Waals surface area (Å²) in [4.78, 5) is 1.21. The molecular weight excluding hydrogens is 170 g/mol. The summed E-state index contributed by atoms with van der Waals surface area (Å²) >= 11 is 1.69. The lowest BCUT2D eigenvalue weighted by Gasteiger charge is -2.08. The molecule has 0 fully saturated rings. The highest BCUT2D eigenvalue weighted by Crippen LogP contribution is 2.17. The Hall–Kier alpha value is -0.510. The van der Waals surface area contributed by atoms with Gasteiger partial charge < -0.3 is 10.8 Å². The second kappa shape index (κ2) is 4.50. The summed E-state index contributed by atoms with van der Waals surface area (Å²) in [5.41, 5.74) is 6.61. The van der Waals surface area contributed by atoms with Crippen molar-refractivity contribution in [2.24, 2.45) is 5.73 Å². The molecule has 0 radical (unpaired) electrons. The summed E-state index contributed by atoms with van der Waals surface area (Å²) in [6, 6.07) is 7.67. The zero-order valence-corrected chi connectivity index (χ0v) is 7.84. The van der Waals surface area contributed by atoms with E-state index in [4.69, 9.17) is 10.8 Å². The van der Waals surface area contributed by atoms with Crippen LogP contribution < -0.4 is 5.73 Å². The average molecular weight is 183 g/mol. The van der Waals surface area contributed by atoms with Crippen LogP contribution in [0.15, 0.2) is 29.2 Å². The number of benzene rings is 1. The Bertz CT molecular complexity index is 235. The molecule has 0 bridgehead atoms. The van der Waals surface area contributed by atoms with Crippen molar-refractivity contribution < 1.29 is 5.11 Å². The first-order valence-corrected chi connectivity index (χ1v) is 5.00. The van der Waals surface area contributed by atoms with Gasteiger partial charge in [0.25, 0.3) is 0 Å². The fourth-order valence-electron chi connectivity index (χ4n) is 0.957. The molecule has 0 saturated carbocycles. The van der Waals surface area contributed by atoms with Crippen LogP contribution >= 0.6 is 11.8 Å². The van der Waals surface area contributed by atoms with E-state index in [1.165, 1.54) is 4.90 Å². The zero-order chi connectivity index (χ0) is 8.97. The van der Waals surface area contributed by atoms with Gasteiger partial charge in [-0.3, -0.25) is 0 Å². The fourth-order valence-corrected chi connectivity index (χ4v) is 1.36. The van der Waals surface area contributed by atoms with E-state index < -0.39 is 0 Å².